The topological polar surface area (TPSA) is 87.7 Å². The van der Waals surface area contributed by atoms with E-state index in [9.17, 15) is 14.4 Å². The average Bonchev–Trinajstić information content (AvgIpc) is 2.88. The van der Waals surface area contributed by atoms with Gasteiger partial charge in [0.05, 0.1) is 0 Å². The Kier molecular flexibility index (Phi) is 14.0. The van der Waals surface area contributed by atoms with Crippen LogP contribution >= 0.6 is 12.6 Å². The number of carbonyl (C=O) groups excluding carboxylic acids is 3. The van der Waals surface area contributed by atoms with Gasteiger partial charge in [-0.3, -0.25) is 9.59 Å². The molecule has 1 aliphatic rings. The van der Waals surface area contributed by atoms with Crippen LogP contribution in [-0.4, -0.2) is 52.8 Å². The van der Waals surface area contributed by atoms with Crippen LogP contribution in [0.4, 0.5) is 4.79 Å². The lowest BCUT2D eigenvalue weighted by atomic mass is 9.94. The van der Waals surface area contributed by atoms with E-state index in [2.05, 4.69) is 30.2 Å². The van der Waals surface area contributed by atoms with Crippen LogP contribution in [0, 0.1) is 0 Å². The molecule has 2 rings (SSSR count). The Hall–Kier alpha value is -2.22. The quantitative estimate of drug-likeness (QED) is 0.191. The molecule has 0 saturated heterocycles. The summed E-state index contributed by atoms with van der Waals surface area (Å²) in [6, 6.07) is 7.88. The molecule has 1 aliphatic carbocycles. The monoisotopic (exact) mass is 547 g/mol. The Morgan fingerprint density at radius 1 is 1.00 bits per heavy atom. The summed E-state index contributed by atoms with van der Waals surface area (Å²) in [7, 11) is 0. The average molecular weight is 548 g/mol. The Bertz CT molecular complexity index is 853. The van der Waals surface area contributed by atoms with E-state index in [4.69, 9.17) is 4.74 Å². The summed E-state index contributed by atoms with van der Waals surface area (Å²) in [4.78, 5) is 42.0. The number of thiol groups is 1. The lowest BCUT2D eigenvalue weighted by Gasteiger charge is -2.35. The molecule has 0 aromatic heterocycles. The maximum absolute atomic E-state index is 14.0. The zero-order valence-electron chi connectivity index (χ0n) is 23.8. The summed E-state index contributed by atoms with van der Waals surface area (Å²) in [6.07, 6.45) is 11.0. The zero-order valence-corrected chi connectivity index (χ0v) is 24.7. The van der Waals surface area contributed by atoms with Crippen molar-refractivity contribution in [2.45, 2.75) is 122 Å². The molecule has 1 fully saturated rings. The van der Waals surface area contributed by atoms with E-state index in [0.29, 0.717) is 6.54 Å². The van der Waals surface area contributed by atoms with Gasteiger partial charge >= 0.3 is 6.09 Å². The molecule has 2 atom stereocenters. The van der Waals surface area contributed by atoms with Gasteiger partial charge < -0.3 is 20.3 Å². The second-order valence-corrected chi connectivity index (χ2v) is 11.7. The summed E-state index contributed by atoms with van der Waals surface area (Å²) in [5, 5.41) is 5.92. The minimum atomic E-state index is -0.915. The molecule has 8 heteroatoms. The first-order valence-electron chi connectivity index (χ1n) is 14.4. The van der Waals surface area contributed by atoms with Crippen LogP contribution in [0.5, 0.6) is 0 Å². The van der Waals surface area contributed by atoms with E-state index in [1.165, 1.54) is 19.3 Å². The predicted octanol–water partition coefficient (Wildman–Crippen LogP) is 6.19. The van der Waals surface area contributed by atoms with Crippen LogP contribution in [0.15, 0.2) is 30.3 Å². The normalized spacial score (nSPS) is 15.8. The molecule has 7 nitrogen and oxygen atoms in total. The molecule has 1 saturated carbocycles. The van der Waals surface area contributed by atoms with E-state index >= 15 is 0 Å². The third-order valence-corrected chi connectivity index (χ3v) is 7.20. The number of amides is 3. The molecule has 0 bridgehead atoms. The molecule has 0 aliphatic heterocycles. The molecule has 0 spiro atoms. The molecular weight excluding hydrogens is 498 g/mol. The van der Waals surface area contributed by atoms with Crippen LogP contribution in [-0.2, 0) is 14.3 Å². The molecule has 1 aromatic carbocycles. The van der Waals surface area contributed by atoms with Gasteiger partial charge in [0.25, 0.3) is 0 Å². The lowest BCUT2D eigenvalue weighted by molar-refractivity contribution is -0.142. The predicted molar refractivity (Wildman–Crippen MR) is 156 cm³/mol. The van der Waals surface area contributed by atoms with Crippen LogP contribution in [0.3, 0.4) is 0 Å². The number of carbonyl (C=O) groups is 3. The fourth-order valence-corrected chi connectivity index (χ4v) is 5.15. The van der Waals surface area contributed by atoms with E-state index in [0.717, 1.165) is 56.9 Å². The second-order valence-electron chi connectivity index (χ2n) is 11.3. The Labute approximate surface area is 235 Å². The number of nitrogens with one attached hydrogen (secondary N) is 2. The summed E-state index contributed by atoms with van der Waals surface area (Å²) >= 11 is 4.38. The van der Waals surface area contributed by atoms with E-state index in [1.54, 1.807) is 25.7 Å². The number of unbranched alkanes of at least 4 members (excludes halogenated alkanes) is 5. The summed E-state index contributed by atoms with van der Waals surface area (Å²) < 4.78 is 5.40. The highest BCUT2D eigenvalue weighted by atomic mass is 32.1. The van der Waals surface area contributed by atoms with Crippen molar-refractivity contribution in [1.82, 2.24) is 15.5 Å². The molecule has 0 heterocycles. The Morgan fingerprint density at radius 2 is 1.63 bits per heavy atom. The van der Waals surface area contributed by atoms with Gasteiger partial charge in [-0.15, -0.1) is 0 Å². The van der Waals surface area contributed by atoms with E-state index in [1.807, 2.05) is 30.3 Å². The van der Waals surface area contributed by atoms with Gasteiger partial charge in [0, 0.05) is 18.3 Å². The van der Waals surface area contributed by atoms with Crippen LogP contribution in [0.25, 0.3) is 0 Å². The van der Waals surface area contributed by atoms with Gasteiger partial charge in [0.2, 0.25) is 11.8 Å². The maximum Gasteiger partial charge on any atom is 0.408 e. The number of hydrogen-bond acceptors (Lipinski definition) is 5. The van der Waals surface area contributed by atoms with Crippen LogP contribution in [0.2, 0.25) is 0 Å². The molecular formula is C30H49N3O4S. The van der Waals surface area contributed by atoms with Crippen LogP contribution < -0.4 is 10.6 Å². The third kappa shape index (κ3) is 11.3. The van der Waals surface area contributed by atoms with Gasteiger partial charge in [0.1, 0.15) is 17.7 Å². The van der Waals surface area contributed by atoms with Gasteiger partial charge in [0.15, 0.2) is 0 Å². The molecule has 2 N–H and O–H groups in total. The molecule has 214 valence electrons. The van der Waals surface area contributed by atoms with Gasteiger partial charge in [-0.2, -0.15) is 12.6 Å². The number of alkyl carbamates (subject to hydrolysis) is 1. The number of hydrogen-bond donors (Lipinski definition) is 3. The lowest BCUT2D eigenvalue weighted by Crippen LogP contribution is -2.54. The van der Waals surface area contributed by atoms with Gasteiger partial charge in [-0.05, 0) is 45.6 Å². The molecule has 38 heavy (non-hydrogen) atoms. The standard InChI is InChI=1S/C30H49N3O4S/c1-5-6-7-8-9-16-21-33(28(35)25(22-38)32-29(36)37-30(2,3)4)26(23-17-12-10-13-18-23)27(34)31-24-19-14-11-15-20-24/h10,12-13,17-18,24-26,38H,5-9,11,14-16,19-22H2,1-4H3,(H,31,34)(H,32,36). The van der Waals surface area contributed by atoms with Crippen molar-refractivity contribution < 1.29 is 19.1 Å². The molecule has 0 radical (unpaired) electrons. The van der Waals surface area contributed by atoms with Crippen molar-refractivity contribution in [2.75, 3.05) is 12.3 Å². The minimum absolute atomic E-state index is 0.0941. The van der Waals surface area contributed by atoms with E-state index < -0.39 is 23.8 Å². The Morgan fingerprint density at radius 3 is 2.24 bits per heavy atom. The number of benzene rings is 1. The minimum Gasteiger partial charge on any atom is -0.444 e. The summed E-state index contributed by atoms with van der Waals surface area (Å²) in [5.41, 5.74) is 0.0640. The summed E-state index contributed by atoms with van der Waals surface area (Å²) in [6.45, 7) is 7.93. The first-order valence-corrected chi connectivity index (χ1v) is 15.1. The van der Waals surface area contributed by atoms with Crippen molar-refractivity contribution in [2.24, 2.45) is 0 Å². The van der Waals surface area contributed by atoms with E-state index in [-0.39, 0.29) is 23.6 Å². The highest BCUT2D eigenvalue weighted by Crippen LogP contribution is 2.26. The first kappa shape index (κ1) is 32.0. The Balaban J connectivity index is 2.31. The van der Waals surface area contributed by atoms with Crippen molar-refractivity contribution in [1.29, 1.82) is 0 Å². The fraction of sp³-hybridized carbons (Fsp3) is 0.700. The summed E-state index contributed by atoms with van der Waals surface area (Å²) in [5.74, 6) is -0.402. The van der Waals surface area contributed by atoms with Crippen LogP contribution in [0.1, 0.15) is 110 Å². The van der Waals surface area contributed by atoms with Crippen molar-refractivity contribution in [3.8, 4) is 0 Å². The number of nitrogens with zero attached hydrogens (tertiary/aromatic N) is 1. The van der Waals surface area contributed by atoms with Gasteiger partial charge in [-0.25, -0.2) is 4.79 Å². The first-order chi connectivity index (χ1) is 18.2. The smallest absolute Gasteiger partial charge is 0.408 e. The fourth-order valence-electron chi connectivity index (χ4n) is 4.90. The largest absolute Gasteiger partial charge is 0.444 e. The second kappa shape index (κ2) is 16.7. The number of rotatable bonds is 14. The molecule has 2 unspecified atom stereocenters. The maximum atomic E-state index is 14.0. The highest BCUT2D eigenvalue weighted by Gasteiger charge is 2.36. The van der Waals surface area contributed by atoms with Crippen molar-refractivity contribution >= 4 is 30.5 Å². The third-order valence-electron chi connectivity index (χ3n) is 6.83. The molecule has 3 amide bonds. The highest BCUT2D eigenvalue weighted by molar-refractivity contribution is 7.80. The molecule has 1 aromatic rings. The zero-order chi connectivity index (χ0) is 28.0. The van der Waals surface area contributed by atoms with Gasteiger partial charge in [-0.1, -0.05) is 88.6 Å². The SMILES string of the molecule is CCCCCCCCN(C(=O)C(CS)NC(=O)OC(C)(C)C)C(C(=O)NC1CCCCC1)c1ccccc1. The van der Waals surface area contributed by atoms with Crippen molar-refractivity contribution in [3.05, 3.63) is 35.9 Å². The van der Waals surface area contributed by atoms with Crippen molar-refractivity contribution in [3.63, 3.8) is 0 Å². The number of ether oxygens (including phenoxy) is 1.